The molecule has 3 atom stereocenters. The second-order valence-electron chi connectivity index (χ2n) is 15.6. The zero-order valence-corrected chi connectivity index (χ0v) is 30.3. The van der Waals surface area contributed by atoms with Crippen LogP contribution in [0.5, 0.6) is 5.75 Å². The van der Waals surface area contributed by atoms with Crippen molar-refractivity contribution in [2.45, 2.75) is 75.7 Å². The monoisotopic (exact) mass is 689 g/mol. The molecule has 3 unspecified atom stereocenters. The van der Waals surface area contributed by atoms with E-state index in [0.29, 0.717) is 5.92 Å². The number of hydrogen-bond acceptors (Lipinski definition) is 2. The molecular formula is C50H43NO2. The van der Waals surface area contributed by atoms with Crippen LogP contribution in [-0.2, 0) is 10.2 Å². The van der Waals surface area contributed by atoms with Crippen molar-refractivity contribution in [3.05, 3.63) is 190 Å². The van der Waals surface area contributed by atoms with Gasteiger partial charge < -0.3 is 14.0 Å². The maximum Gasteiger partial charge on any atom is 0.132 e. The summed E-state index contributed by atoms with van der Waals surface area (Å²) >= 11 is 0. The van der Waals surface area contributed by atoms with Crippen molar-refractivity contribution >= 4 is 27.7 Å². The molecule has 7 aliphatic rings. The Hall–Kier alpha value is -5.54. The molecule has 2 aliphatic heterocycles. The standard InChI is InChI=1S/C50H43NO2/c1-32-24-27-37(48-38-18-8-11-21-43(38)51(49(32)48)36-16-6-3-7-17-36)35-26-29-46-42(30-35)50(39-19-9-12-22-44(39)52-45-23-13-10-20-40(45)50)41-28-25-34(31-47(41)53-46)33-14-4-2-5-15-33/h2,4-6,8-12,14-21,26-27,29-32,44H,3,7,13,22-25,28H2,1H3. The molecule has 5 aliphatic carbocycles. The Labute approximate surface area is 312 Å². The molecule has 0 amide bonds. The van der Waals surface area contributed by atoms with Crippen LogP contribution in [0.4, 0.5) is 0 Å². The highest BCUT2D eigenvalue weighted by Gasteiger charge is 2.55. The molecule has 260 valence electrons. The van der Waals surface area contributed by atoms with Gasteiger partial charge in [-0.05, 0) is 102 Å². The van der Waals surface area contributed by atoms with Crippen molar-refractivity contribution in [3.63, 3.8) is 0 Å². The molecule has 0 saturated carbocycles. The number of allylic oxidation sites excluding steroid dienone is 14. The lowest BCUT2D eigenvalue weighted by Crippen LogP contribution is -2.46. The van der Waals surface area contributed by atoms with Crippen LogP contribution in [0.1, 0.15) is 92.2 Å². The second-order valence-corrected chi connectivity index (χ2v) is 15.6. The fourth-order valence-electron chi connectivity index (χ4n) is 10.4. The Morgan fingerprint density at radius 3 is 2.58 bits per heavy atom. The smallest absolute Gasteiger partial charge is 0.132 e. The first-order chi connectivity index (χ1) is 26.2. The van der Waals surface area contributed by atoms with E-state index in [-0.39, 0.29) is 6.10 Å². The third kappa shape index (κ3) is 4.53. The van der Waals surface area contributed by atoms with E-state index >= 15 is 0 Å². The van der Waals surface area contributed by atoms with Crippen LogP contribution < -0.4 is 4.74 Å². The maximum absolute atomic E-state index is 7.09. The normalized spacial score (nSPS) is 25.3. The Bertz CT molecular complexity index is 2520. The molecule has 3 nitrogen and oxygen atoms in total. The van der Waals surface area contributed by atoms with Gasteiger partial charge in [-0.1, -0.05) is 110 Å². The number of aromatic nitrogens is 1. The second kappa shape index (κ2) is 12.0. The molecule has 0 fully saturated rings. The third-order valence-electron chi connectivity index (χ3n) is 12.7. The molecule has 0 N–H and O–H groups in total. The highest BCUT2D eigenvalue weighted by molar-refractivity contribution is 6.02. The summed E-state index contributed by atoms with van der Waals surface area (Å²) in [6, 6.07) is 26.9. The van der Waals surface area contributed by atoms with Gasteiger partial charge in [0, 0.05) is 52.2 Å². The zero-order chi connectivity index (χ0) is 35.1. The van der Waals surface area contributed by atoms with Gasteiger partial charge in [-0.3, -0.25) is 0 Å². The van der Waals surface area contributed by atoms with Gasteiger partial charge in [0.25, 0.3) is 0 Å². The summed E-state index contributed by atoms with van der Waals surface area (Å²) in [5, 5.41) is 1.33. The van der Waals surface area contributed by atoms with Crippen molar-refractivity contribution in [3.8, 4) is 5.75 Å². The number of ether oxygens (including phenoxy) is 2. The van der Waals surface area contributed by atoms with E-state index in [0.717, 1.165) is 68.6 Å². The SMILES string of the molecule is CC1CC=C(c2ccc3c(c2)C2(C4=CC=CCC4OC4=C2C=CCC4)C2=C(C=C(c4ccccc4)CC2)O3)c2c1n(C1=CCCC=C1)c1ccccc21. The molecule has 0 bridgehead atoms. The van der Waals surface area contributed by atoms with E-state index < -0.39 is 5.41 Å². The summed E-state index contributed by atoms with van der Waals surface area (Å²) in [7, 11) is 0. The fourth-order valence-corrected chi connectivity index (χ4v) is 10.4. The molecule has 1 aromatic heterocycles. The van der Waals surface area contributed by atoms with E-state index in [1.807, 2.05) is 0 Å². The molecule has 3 heteroatoms. The van der Waals surface area contributed by atoms with Gasteiger partial charge >= 0.3 is 0 Å². The third-order valence-corrected chi connectivity index (χ3v) is 12.7. The number of nitrogens with zero attached hydrogens (tertiary/aromatic N) is 1. The number of para-hydroxylation sites is 1. The Balaban J connectivity index is 1.16. The van der Waals surface area contributed by atoms with Crippen LogP contribution in [0, 0.1) is 0 Å². The molecule has 4 aromatic rings. The molecule has 11 rings (SSSR count). The average Bonchev–Trinajstić information content (AvgIpc) is 3.57. The highest BCUT2D eigenvalue weighted by atomic mass is 16.5. The van der Waals surface area contributed by atoms with Crippen LogP contribution in [0.15, 0.2) is 162 Å². The number of rotatable bonds is 3. The maximum atomic E-state index is 7.09. The van der Waals surface area contributed by atoms with E-state index in [9.17, 15) is 0 Å². The minimum atomic E-state index is -0.464. The van der Waals surface area contributed by atoms with Crippen molar-refractivity contribution in [1.29, 1.82) is 0 Å². The molecule has 1 spiro atoms. The van der Waals surface area contributed by atoms with E-state index in [2.05, 4.69) is 145 Å². The van der Waals surface area contributed by atoms with Crippen molar-refractivity contribution in [2.75, 3.05) is 0 Å². The number of fused-ring (bicyclic) bond motifs is 9. The molecule has 3 aromatic carbocycles. The highest BCUT2D eigenvalue weighted by Crippen LogP contribution is 2.62. The molecular weight excluding hydrogens is 647 g/mol. The number of hydrogen-bond donors (Lipinski definition) is 0. The Morgan fingerprint density at radius 2 is 1.68 bits per heavy atom. The first-order valence-electron chi connectivity index (χ1n) is 19.7. The molecule has 53 heavy (non-hydrogen) atoms. The lowest BCUT2D eigenvalue weighted by Gasteiger charge is -2.51. The summed E-state index contributed by atoms with van der Waals surface area (Å²) in [5.41, 5.74) is 15.4. The van der Waals surface area contributed by atoms with Crippen LogP contribution in [0.3, 0.4) is 0 Å². The predicted octanol–water partition coefficient (Wildman–Crippen LogP) is 12.4. The number of benzene rings is 3. The summed E-state index contributed by atoms with van der Waals surface area (Å²) in [5.74, 6) is 3.51. The lowest BCUT2D eigenvalue weighted by atomic mass is 9.56. The van der Waals surface area contributed by atoms with Crippen molar-refractivity contribution in [2.24, 2.45) is 0 Å². The van der Waals surface area contributed by atoms with Gasteiger partial charge in [-0.2, -0.15) is 0 Å². The quantitative estimate of drug-likeness (QED) is 0.214. The van der Waals surface area contributed by atoms with E-state index in [4.69, 9.17) is 9.47 Å². The van der Waals surface area contributed by atoms with Gasteiger partial charge in [0.05, 0.1) is 10.9 Å². The minimum absolute atomic E-state index is 0.00394. The summed E-state index contributed by atoms with van der Waals surface area (Å²) in [4.78, 5) is 0. The summed E-state index contributed by atoms with van der Waals surface area (Å²) < 4.78 is 16.6. The Kier molecular flexibility index (Phi) is 7.02. The van der Waals surface area contributed by atoms with Crippen LogP contribution in [0.2, 0.25) is 0 Å². The minimum Gasteiger partial charge on any atom is -0.490 e. The van der Waals surface area contributed by atoms with Gasteiger partial charge in [-0.25, -0.2) is 0 Å². The van der Waals surface area contributed by atoms with Crippen LogP contribution in [-0.4, -0.2) is 10.7 Å². The predicted molar refractivity (Wildman–Crippen MR) is 216 cm³/mol. The van der Waals surface area contributed by atoms with Gasteiger partial charge in [-0.15, -0.1) is 0 Å². The van der Waals surface area contributed by atoms with Crippen molar-refractivity contribution in [1.82, 2.24) is 4.57 Å². The summed E-state index contributed by atoms with van der Waals surface area (Å²) in [6.07, 6.45) is 31.5. The van der Waals surface area contributed by atoms with Crippen LogP contribution >= 0.6 is 0 Å². The van der Waals surface area contributed by atoms with Gasteiger partial charge in [0.15, 0.2) is 0 Å². The van der Waals surface area contributed by atoms with E-state index in [1.165, 1.54) is 72.4 Å². The fraction of sp³-hybridized carbons (Fsp3) is 0.240. The molecule has 3 heterocycles. The van der Waals surface area contributed by atoms with Gasteiger partial charge in [0.2, 0.25) is 0 Å². The lowest BCUT2D eigenvalue weighted by molar-refractivity contribution is 0.107. The topological polar surface area (TPSA) is 23.4 Å². The van der Waals surface area contributed by atoms with Gasteiger partial charge in [0.1, 0.15) is 23.4 Å². The Morgan fingerprint density at radius 1 is 0.792 bits per heavy atom. The van der Waals surface area contributed by atoms with Crippen LogP contribution in [0.25, 0.3) is 27.7 Å². The molecule has 0 saturated heterocycles. The first-order valence-corrected chi connectivity index (χ1v) is 19.7. The zero-order valence-electron chi connectivity index (χ0n) is 30.3. The van der Waals surface area contributed by atoms with E-state index in [1.54, 1.807) is 0 Å². The summed E-state index contributed by atoms with van der Waals surface area (Å²) in [6.45, 7) is 2.40. The largest absolute Gasteiger partial charge is 0.490 e. The van der Waals surface area contributed by atoms with Crippen molar-refractivity contribution < 1.29 is 9.47 Å². The first kappa shape index (κ1) is 31.0. The average molecular weight is 690 g/mol. The molecule has 0 radical (unpaired) electrons.